The van der Waals surface area contributed by atoms with E-state index in [4.69, 9.17) is 10.00 Å². The summed E-state index contributed by atoms with van der Waals surface area (Å²) in [6.07, 6.45) is -1.11. The zero-order valence-corrected chi connectivity index (χ0v) is 12.2. The third-order valence-electron chi connectivity index (χ3n) is 3.05. The molecule has 0 amide bonds. The van der Waals surface area contributed by atoms with Crippen molar-refractivity contribution in [2.24, 2.45) is 0 Å². The number of nitriles is 1. The molecule has 0 aliphatic carbocycles. The predicted molar refractivity (Wildman–Crippen MR) is 76.4 cm³/mol. The number of carboxylic acid groups (broad SMARTS) is 1. The van der Waals surface area contributed by atoms with Crippen molar-refractivity contribution < 1.29 is 14.6 Å². The number of aliphatic carboxylic acids is 1. The Labute approximate surface area is 119 Å². The second kappa shape index (κ2) is 6.92. The summed E-state index contributed by atoms with van der Waals surface area (Å²) in [7, 11) is 0. The summed E-state index contributed by atoms with van der Waals surface area (Å²) in [5, 5.41) is 18.1. The molecule has 5 heteroatoms. The molecule has 0 saturated heterocycles. The van der Waals surface area contributed by atoms with Crippen LogP contribution in [0.4, 0.5) is 5.69 Å². The van der Waals surface area contributed by atoms with Crippen LogP contribution in [-0.2, 0) is 9.53 Å². The molecule has 1 rings (SSSR count). The number of carbonyl (C=O) groups is 1. The number of aryl methyl sites for hydroxylation is 1. The van der Waals surface area contributed by atoms with E-state index in [1.807, 2.05) is 37.3 Å². The van der Waals surface area contributed by atoms with Gasteiger partial charge in [0, 0.05) is 5.69 Å². The Morgan fingerprint density at radius 1 is 1.40 bits per heavy atom. The second-order valence-corrected chi connectivity index (χ2v) is 4.77. The van der Waals surface area contributed by atoms with Gasteiger partial charge in [0.25, 0.3) is 0 Å². The van der Waals surface area contributed by atoms with E-state index in [2.05, 4.69) is 0 Å². The highest BCUT2D eigenvalue weighted by atomic mass is 16.5. The standard InChI is InChI=1S/C15H20N2O3/c1-10-6-5-7-14(8-10)17(12(3)15(18)19)13(4)20-11(2)9-16/h5-8,11-13H,1-4H3,(H,18,19). The molecule has 0 bridgehead atoms. The first-order valence-electron chi connectivity index (χ1n) is 6.49. The number of benzene rings is 1. The van der Waals surface area contributed by atoms with Gasteiger partial charge >= 0.3 is 5.97 Å². The van der Waals surface area contributed by atoms with Gasteiger partial charge in [-0.25, -0.2) is 4.79 Å². The van der Waals surface area contributed by atoms with Gasteiger partial charge in [-0.1, -0.05) is 12.1 Å². The molecule has 5 nitrogen and oxygen atoms in total. The van der Waals surface area contributed by atoms with Crippen molar-refractivity contribution in [1.82, 2.24) is 0 Å². The third kappa shape index (κ3) is 3.97. The molecule has 0 heterocycles. The fourth-order valence-corrected chi connectivity index (χ4v) is 2.05. The van der Waals surface area contributed by atoms with Gasteiger partial charge in [-0.15, -0.1) is 0 Å². The summed E-state index contributed by atoms with van der Waals surface area (Å²) in [4.78, 5) is 13.0. The Kier molecular flexibility index (Phi) is 5.53. The number of hydrogen-bond acceptors (Lipinski definition) is 4. The Morgan fingerprint density at radius 3 is 2.55 bits per heavy atom. The molecule has 20 heavy (non-hydrogen) atoms. The number of nitrogens with zero attached hydrogens (tertiary/aromatic N) is 2. The van der Waals surface area contributed by atoms with Crippen molar-refractivity contribution in [3.8, 4) is 6.07 Å². The lowest BCUT2D eigenvalue weighted by molar-refractivity contribution is -0.139. The lowest BCUT2D eigenvalue weighted by Crippen LogP contribution is -2.47. The lowest BCUT2D eigenvalue weighted by atomic mass is 10.1. The van der Waals surface area contributed by atoms with Gasteiger partial charge < -0.3 is 14.7 Å². The third-order valence-corrected chi connectivity index (χ3v) is 3.05. The van der Waals surface area contributed by atoms with Gasteiger partial charge in [-0.2, -0.15) is 5.26 Å². The molecule has 0 fully saturated rings. The van der Waals surface area contributed by atoms with E-state index in [1.54, 1.807) is 25.7 Å². The van der Waals surface area contributed by atoms with Gasteiger partial charge in [-0.05, 0) is 45.4 Å². The molecular formula is C15H20N2O3. The Morgan fingerprint density at radius 2 is 2.05 bits per heavy atom. The highest BCUT2D eigenvalue weighted by molar-refractivity contribution is 5.77. The van der Waals surface area contributed by atoms with E-state index in [0.717, 1.165) is 11.3 Å². The molecule has 1 aromatic rings. The van der Waals surface area contributed by atoms with Crippen molar-refractivity contribution in [2.75, 3.05) is 4.90 Å². The number of hydrogen-bond donors (Lipinski definition) is 1. The minimum absolute atomic E-state index is 0.516. The molecule has 1 aromatic carbocycles. The molecule has 0 aliphatic heterocycles. The zero-order chi connectivity index (χ0) is 15.3. The average molecular weight is 276 g/mol. The highest BCUT2D eigenvalue weighted by Gasteiger charge is 2.27. The fourth-order valence-electron chi connectivity index (χ4n) is 2.05. The van der Waals surface area contributed by atoms with Crippen LogP contribution in [0.25, 0.3) is 0 Å². The van der Waals surface area contributed by atoms with Crippen molar-refractivity contribution >= 4 is 11.7 Å². The van der Waals surface area contributed by atoms with Crippen LogP contribution in [0, 0.1) is 18.3 Å². The van der Waals surface area contributed by atoms with Crippen LogP contribution in [-0.4, -0.2) is 29.4 Å². The maximum Gasteiger partial charge on any atom is 0.326 e. The van der Waals surface area contributed by atoms with Gasteiger partial charge in [-0.3, -0.25) is 0 Å². The van der Waals surface area contributed by atoms with Gasteiger partial charge in [0.1, 0.15) is 18.4 Å². The van der Waals surface area contributed by atoms with Crippen LogP contribution >= 0.6 is 0 Å². The summed E-state index contributed by atoms with van der Waals surface area (Å²) in [5.41, 5.74) is 1.79. The number of carboxylic acids is 1. The molecule has 0 saturated carbocycles. The van der Waals surface area contributed by atoms with Crippen molar-refractivity contribution in [3.63, 3.8) is 0 Å². The molecule has 108 valence electrons. The largest absolute Gasteiger partial charge is 0.480 e. The van der Waals surface area contributed by atoms with Gasteiger partial charge in [0.15, 0.2) is 0 Å². The molecule has 3 atom stereocenters. The summed E-state index contributed by atoms with van der Waals surface area (Å²) in [5.74, 6) is -0.938. The van der Waals surface area contributed by atoms with Crippen molar-refractivity contribution in [2.45, 2.75) is 46.1 Å². The first-order chi connectivity index (χ1) is 9.36. The summed E-state index contributed by atoms with van der Waals surface area (Å²) in [6.45, 7) is 6.92. The van der Waals surface area contributed by atoms with Crippen LogP contribution in [0.3, 0.4) is 0 Å². The normalized spacial score (nSPS) is 14.9. The Hall–Kier alpha value is -2.06. The first kappa shape index (κ1) is 16.0. The summed E-state index contributed by atoms with van der Waals surface area (Å²) in [6, 6.07) is 8.78. The van der Waals surface area contributed by atoms with Crippen LogP contribution in [0.15, 0.2) is 24.3 Å². The number of anilines is 1. The van der Waals surface area contributed by atoms with Gasteiger partial charge in [0.2, 0.25) is 0 Å². The molecular weight excluding hydrogens is 256 g/mol. The van der Waals surface area contributed by atoms with E-state index in [-0.39, 0.29) is 0 Å². The van der Waals surface area contributed by atoms with E-state index in [0.29, 0.717) is 0 Å². The fraction of sp³-hybridized carbons (Fsp3) is 0.467. The maximum absolute atomic E-state index is 11.3. The van der Waals surface area contributed by atoms with E-state index in [9.17, 15) is 9.90 Å². The minimum Gasteiger partial charge on any atom is -0.480 e. The van der Waals surface area contributed by atoms with Crippen LogP contribution in [0.2, 0.25) is 0 Å². The highest BCUT2D eigenvalue weighted by Crippen LogP contribution is 2.22. The van der Waals surface area contributed by atoms with Crippen LogP contribution in [0.5, 0.6) is 0 Å². The quantitative estimate of drug-likeness (QED) is 0.808. The molecule has 0 aromatic heterocycles. The zero-order valence-electron chi connectivity index (χ0n) is 12.2. The molecule has 0 radical (unpaired) electrons. The topological polar surface area (TPSA) is 73.6 Å². The predicted octanol–water partition coefficient (Wildman–Crippen LogP) is 2.55. The van der Waals surface area contributed by atoms with Crippen LogP contribution < -0.4 is 4.90 Å². The number of rotatable bonds is 6. The Bertz CT molecular complexity index is 510. The average Bonchev–Trinajstić information content (AvgIpc) is 2.38. The molecule has 1 N–H and O–H groups in total. The SMILES string of the molecule is Cc1cccc(N(C(C)OC(C)C#N)C(C)C(=O)O)c1. The first-order valence-corrected chi connectivity index (χ1v) is 6.49. The summed E-state index contributed by atoms with van der Waals surface area (Å²) >= 11 is 0. The van der Waals surface area contributed by atoms with E-state index < -0.39 is 24.3 Å². The van der Waals surface area contributed by atoms with E-state index >= 15 is 0 Å². The summed E-state index contributed by atoms with van der Waals surface area (Å²) < 4.78 is 5.53. The van der Waals surface area contributed by atoms with E-state index in [1.165, 1.54) is 0 Å². The lowest BCUT2D eigenvalue weighted by Gasteiger charge is -2.35. The molecule has 0 aliphatic rings. The van der Waals surface area contributed by atoms with Gasteiger partial charge in [0.05, 0.1) is 6.07 Å². The number of ether oxygens (including phenoxy) is 1. The smallest absolute Gasteiger partial charge is 0.326 e. The Balaban J connectivity index is 3.09. The van der Waals surface area contributed by atoms with Crippen molar-refractivity contribution in [1.29, 1.82) is 5.26 Å². The van der Waals surface area contributed by atoms with Crippen molar-refractivity contribution in [3.05, 3.63) is 29.8 Å². The van der Waals surface area contributed by atoms with Crippen LogP contribution in [0.1, 0.15) is 26.3 Å². The second-order valence-electron chi connectivity index (χ2n) is 4.77. The molecule has 3 unspecified atom stereocenters. The maximum atomic E-state index is 11.3. The minimum atomic E-state index is -0.938. The monoisotopic (exact) mass is 276 g/mol. The molecule has 0 spiro atoms.